The summed E-state index contributed by atoms with van der Waals surface area (Å²) in [5.41, 5.74) is 8.82. The van der Waals surface area contributed by atoms with Gasteiger partial charge in [-0.05, 0) is 65.9 Å². The Morgan fingerprint density at radius 3 is 2.33 bits per heavy atom. The van der Waals surface area contributed by atoms with Crippen molar-refractivity contribution < 1.29 is 30.0 Å². The number of rotatable bonds is 6. The molecule has 0 atom stereocenters. The first-order valence-corrected chi connectivity index (χ1v) is 13.1. The number of nitrogens with zero attached hydrogens (tertiary/aromatic N) is 1. The third-order valence-electron chi connectivity index (χ3n) is 6.98. The molecule has 0 bridgehead atoms. The Balaban J connectivity index is 0.000000329. The predicted octanol–water partition coefficient (Wildman–Crippen LogP) is 2.67. The number of anilines is 1. The molecule has 1 aliphatic carbocycles. The number of ether oxygens (including phenoxy) is 3. The molecule has 1 saturated carbocycles. The molecule has 3 aliphatic rings. The van der Waals surface area contributed by atoms with Crippen LogP contribution in [0.5, 0.6) is 11.5 Å². The fraction of sp³-hybridized carbons (Fsp3) is 0.345. The Bertz CT molecular complexity index is 1230. The monoisotopic (exact) mass is 555 g/mol. The second-order valence-corrected chi connectivity index (χ2v) is 9.99. The highest BCUT2D eigenvalue weighted by Gasteiger charge is 2.51. The van der Waals surface area contributed by atoms with Crippen molar-refractivity contribution >= 4 is 24.2 Å². The largest absolute Gasteiger partial charge is 0.454 e. The van der Waals surface area contributed by atoms with Gasteiger partial charge in [0.25, 0.3) is 0 Å². The Hall–Kier alpha value is -3.12. The number of nitrogens with one attached hydrogen (secondary N) is 1. The van der Waals surface area contributed by atoms with Crippen molar-refractivity contribution in [2.45, 2.75) is 23.2 Å². The predicted molar refractivity (Wildman–Crippen MR) is 155 cm³/mol. The van der Waals surface area contributed by atoms with Crippen LogP contribution in [0.4, 0.5) is 5.69 Å². The van der Waals surface area contributed by atoms with Crippen LogP contribution in [0.15, 0.2) is 71.6 Å². The van der Waals surface area contributed by atoms with E-state index in [-0.39, 0.29) is 23.7 Å². The number of hydrogen-bond acceptors (Lipinski definition) is 7. The van der Waals surface area contributed by atoms with Crippen LogP contribution in [-0.4, -0.2) is 67.9 Å². The van der Waals surface area contributed by atoms with Gasteiger partial charge in [-0.3, -0.25) is 9.69 Å². The van der Waals surface area contributed by atoms with Crippen molar-refractivity contribution in [1.82, 2.24) is 4.90 Å². The lowest BCUT2D eigenvalue weighted by atomic mass is 9.94. The van der Waals surface area contributed by atoms with Crippen LogP contribution in [0.2, 0.25) is 0 Å². The summed E-state index contributed by atoms with van der Waals surface area (Å²) in [4.78, 5) is 16.3. The highest BCUT2D eigenvalue weighted by Crippen LogP contribution is 2.51. The summed E-state index contributed by atoms with van der Waals surface area (Å²) in [7, 11) is 0. The van der Waals surface area contributed by atoms with Crippen molar-refractivity contribution in [3.8, 4) is 22.6 Å². The van der Waals surface area contributed by atoms with Gasteiger partial charge in [-0.1, -0.05) is 30.3 Å². The van der Waals surface area contributed by atoms with Gasteiger partial charge in [0.1, 0.15) is 0 Å². The first kappa shape index (κ1) is 30.4. The maximum atomic E-state index is 13.1. The van der Waals surface area contributed by atoms with Gasteiger partial charge < -0.3 is 36.2 Å². The van der Waals surface area contributed by atoms with Gasteiger partial charge in [0.05, 0.1) is 18.6 Å². The first-order chi connectivity index (χ1) is 18.1. The Morgan fingerprint density at radius 2 is 1.64 bits per heavy atom. The molecule has 0 aromatic heterocycles. The van der Waals surface area contributed by atoms with Gasteiger partial charge in [-0.25, -0.2) is 0 Å². The smallest absolute Gasteiger partial charge is 0.235 e. The molecule has 3 aromatic carbocycles. The molecule has 1 amide bonds. The lowest BCUT2D eigenvalue weighted by Gasteiger charge is -2.25. The highest BCUT2D eigenvalue weighted by molar-refractivity contribution is 7.80. The molecular weight excluding hydrogens is 518 g/mol. The number of benzene rings is 3. The molecular formula is C29H37N3O6S. The summed E-state index contributed by atoms with van der Waals surface area (Å²) in [6.07, 6.45) is 1.67. The average molecular weight is 556 g/mol. The van der Waals surface area contributed by atoms with Crippen molar-refractivity contribution in [3.63, 3.8) is 0 Å². The molecule has 6 rings (SSSR count). The first-order valence-electron chi connectivity index (χ1n) is 12.7. The van der Waals surface area contributed by atoms with Gasteiger partial charge >= 0.3 is 0 Å². The van der Waals surface area contributed by atoms with Crippen molar-refractivity contribution in [3.05, 3.63) is 72.3 Å². The fourth-order valence-electron chi connectivity index (χ4n) is 4.65. The molecule has 0 spiro atoms. The van der Waals surface area contributed by atoms with Crippen LogP contribution in [0.25, 0.3) is 11.1 Å². The van der Waals surface area contributed by atoms with Gasteiger partial charge in [-0.2, -0.15) is 0 Å². The van der Waals surface area contributed by atoms with E-state index < -0.39 is 5.41 Å². The number of carbonyl (C=O) groups excluding carboxylic acids is 1. The summed E-state index contributed by atoms with van der Waals surface area (Å²) in [6, 6.07) is 21.7. The SMILES string of the molecule is NCCN1CCOCC1.O.O.O=C(Nc1cccc(-c2ccc(S)cc2)c1)C1(c2ccc3c(c2)OCO3)CC1. The molecule has 2 heterocycles. The Morgan fingerprint density at radius 1 is 0.923 bits per heavy atom. The summed E-state index contributed by atoms with van der Waals surface area (Å²) in [5, 5.41) is 3.11. The third kappa shape index (κ3) is 7.30. The van der Waals surface area contributed by atoms with Crippen LogP contribution in [0, 0.1) is 0 Å². The normalized spacial score (nSPS) is 16.6. The van der Waals surface area contributed by atoms with E-state index in [0.29, 0.717) is 5.75 Å². The lowest BCUT2D eigenvalue weighted by Crippen LogP contribution is -2.39. The minimum absolute atomic E-state index is 0. The van der Waals surface area contributed by atoms with Crippen LogP contribution < -0.4 is 20.5 Å². The summed E-state index contributed by atoms with van der Waals surface area (Å²) < 4.78 is 16.0. The van der Waals surface area contributed by atoms with E-state index in [0.717, 1.165) is 85.3 Å². The number of morpholine rings is 1. The summed E-state index contributed by atoms with van der Waals surface area (Å²) >= 11 is 4.33. The molecule has 0 unspecified atom stereocenters. The second-order valence-electron chi connectivity index (χ2n) is 9.47. The third-order valence-corrected chi connectivity index (χ3v) is 7.28. The molecule has 2 fully saturated rings. The van der Waals surface area contributed by atoms with Crippen molar-refractivity contribution in [1.29, 1.82) is 0 Å². The van der Waals surface area contributed by atoms with Crippen molar-refractivity contribution in [2.24, 2.45) is 5.73 Å². The molecule has 9 nitrogen and oxygen atoms in total. The van der Waals surface area contributed by atoms with E-state index >= 15 is 0 Å². The van der Waals surface area contributed by atoms with E-state index in [1.54, 1.807) is 0 Å². The number of nitrogens with two attached hydrogens (primary N) is 1. The Labute approximate surface area is 234 Å². The van der Waals surface area contributed by atoms with E-state index in [4.69, 9.17) is 19.9 Å². The maximum Gasteiger partial charge on any atom is 0.235 e. The molecule has 39 heavy (non-hydrogen) atoms. The molecule has 0 radical (unpaired) electrons. The van der Waals surface area contributed by atoms with E-state index in [1.807, 2.05) is 66.7 Å². The van der Waals surface area contributed by atoms with Crippen LogP contribution in [-0.2, 0) is 14.9 Å². The number of hydrogen-bond donors (Lipinski definition) is 3. The van der Waals surface area contributed by atoms with E-state index in [2.05, 4.69) is 22.8 Å². The van der Waals surface area contributed by atoms with E-state index in [1.165, 1.54) is 0 Å². The van der Waals surface area contributed by atoms with Gasteiger partial charge in [0, 0.05) is 36.8 Å². The maximum absolute atomic E-state index is 13.1. The molecule has 3 aromatic rings. The average Bonchev–Trinajstić information content (AvgIpc) is 3.61. The molecule has 7 N–H and O–H groups in total. The lowest BCUT2D eigenvalue weighted by molar-refractivity contribution is -0.118. The molecule has 2 aliphatic heterocycles. The van der Waals surface area contributed by atoms with E-state index in [9.17, 15) is 4.79 Å². The van der Waals surface area contributed by atoms with Gasteiger partial charge in [-0.15, -0.1) is 12.6 Å². The second kappa shape index (κ2) is 13.8. The molecule has 10 heteroatoms. The zero-order chi connectivity index (χ0) is 25.7. The summed E-state index contributed by atoms with van der Waals surface area (Å²) in [5.74, 6) is 1.47. The number of amides is 1. The van der Waals surface area contributed by atoms with Crippen molar-refractivity contribution in [2.75, 3.05) is 51.5 Å². The highest BCUT2D eigenvalue weighted by atomic mass is 32.1. The molecule has 210 valence electrons. The standard InChI is InChI=1S/C23H19NO3S.C6H14N2O.2H2O/c25-22(23(10-11-23)17-6-9-20-21(13-17)27-14-26-20)24-18-3-1-2-16(12-18)15-4-7-19(28)8-5-15;7-1-2-8-3-5-9-6-4-8;;/h1-9,12-13,28H,10-11,14H2,(H,24,25);1-7H2;2*1H2. The molecule has 1 saturated heterocycles. The minimum atomic E-state index is -0.481. The fourth-order valence-corrected chi connectivity index (χ4v) is 4.80. The quantitative estimate of drug-likeness (QED) is 0.398. The topological polar surface area (TPSA) is 149 Å². The number of thiol groups is 1. The van der Waals surface area contributed by atoms with Crippen LogP contribution in [0.1, 0.15) is 18.4 Å². The Kier molecular flexibility index (Phi) is 10.8. The van der Waals surface area contributed by atoms with Gasteiger partial charge in [0.15, 0.2) is 11.5 Å². The summed E-state index contributed by atoms with van der Waals surface area (Å²) in [6.45, 7) is 5.87. The van der Waals surface area contributed by atoms with Crippen LogP contribution in [0.3, 0.4) is 0 Å². The van der Waals surface area contributed by atoms with Crippen LogP contribution >= 0.6 is 12.6 Å². The number of fused-ring (bicyclic) bond motifs is 1. The number of carbonyl (C=O) groups is 1. The van der Waals surface area contributed by atoms with Gasteiger partial charge in [0.2, 0.25) is 12.7 Å². The minimum Gasteiger partial charge on any atom is -0.454 e. The zero-order valence-electron chi connectivity index (χ0n) is 21.8. The zero-order valence-corrected chi connectivity index (χ0v) is 22.7.